The fourth-order valence-electron chi connectivity index (χ4n) is 13.9. The van der Waals surface area contributed by atoms with E-state index in [2.05, 4.69) is 32.8 Å². The number of nitrogens with zero attached hydrogens (tertiary/aromatic N) is 2. The lowest BCUT2D eigenvalue weighted by Gasteiger charge is -2.57. The normalized spacial score (nSPS) is 50.0. The predicted octanol–water partition coefficient (Wildman–Crippen LogP) is 3.04. The molecule has 0 radical (unpaired) electrons. The van der Waals surface area contributed by atoms with Crippen molar-refractivity contribution >= 4 is 17.5 Å². The zero-order chi connectivity index (χ0) is 39.4. The second-order valence-electron chi connectivity index (χ2n) is 20.3. The molecule has 8 fully saturated rings. The number of fused-ring (bicyclic) bond motifs is 8. The number of ketones is 1. The van der Waals surface area contributed by atoms with E-state index in [1.54, 1.807) is 0 Å². The average Bonchev–Trinajstić information content (AvgIpc) is 3.53. The van der Waals surface area contributed by atoms with E-state index in [9.17, 15) is 14.7 Å². The summed E-state index contributed by atoms with van der Waals surface area (Å²) in [5, 5.41) is 19.5. The van der Waals surface area contributed by atoms with Gasteiger partial charge in [0.05, 0.1) is 61.0 Å². The number of Topliss-reactive ketones (excluding diaryl/α,β-unsaturated/α-hetero) is 1. The van der Waals surface area contributed by atoms with Crippen LogP contribution in [0.2, 0.25) is 0 Å². The largest absolute Gasteiger partial charge is 0.457 e. The zero-order valence-corrected chi connectivity index (χ0v) is 34.1. The van der Waals surface area contributed by atoms with Gasteiger partial charge in [-0.25, -0.2) is 4.79 Å². The second-order valence-corrected chi connectivity index (χ2v) is 20.3. The quantitative estimate of drug-likeness (QED) is 0.203. The van der Waals surface area contributed by atoms with Gasteiger partial charge in [-0.3, -0.25) is 20.4 Å². The molecule has 7 N–H and O–H groups in total. The van der Waals surface area contributed by atoms with E-state index in [4.69, 9.17) is 30.4 Å². The minimum Gasteiger partial charge on any atom is -0.457 e. The Morgan fingerprint density at radius 2 is 1.79 bits per heavy atom. The molecule has 18 unspecified atom stereocenters. The standard InChI is InChI=1S/C44H66N6O7/c1-22-15-31(51)37-32(54-22)18-33-36(39(37)52)28-7-4-5-13-44(42(53)55-40(28)43(2,3)56-33)34(57-44)11-10-23-16-35(45)49-38-26(23)8-6-9-27-29(38)17-25(48-41(27)46)20-50-19-24-12-14-47-30(24)21-50/h12,14,19,22-23,25-29,32-41,48-49,52H,4-11,13,15-18,20-21,45-46H2,1-3H3. The number of carbonyl (C=O) groups excluding carboxylic acids is 2. The number of ether oxygens (including phenoxy) is 4. The lowest BCUT2D eigenvalue weighted by atomic mass is 9.62. The van der Waals surface area contributed by atoms with Crippen LogP contribution >= 0.6 is 0 Å². The molecule has 18 atom stereocenters. The van der Waals surface area contributed by atoms with Gasteiger partial charge >= 0.3 is 5.97 Å². The van der Waals surface area contributed by atoms with Crippen molar-refractivity contribution in [2.24, 2.45) is 57.9 Å². The Morgan fingerprint density at radius 1 is 0.965 bits per heavy atom. The Labute approximate surface area is 337 Å². The topological polar surface area (TPSA) is 186 Å². The Morgan fingerprint density at radius 3 is 2.63 bits per heavy atom. The number of hydrogen-bond acceptors (Lipinski definition) is 13. The summed E-state index contributed by atoms with van der Waals surface area (Å²) in [6, 6.07) is 0.608. The van der Waals surface area contributed by atoms with E-state index in [-0.39, 0.29) is 60.3 Å². The van der Waals surface area contributed by atoms with Crippen molar-refractivity contribution in [3.63, 3.8) is 0 Å². The lowest BCUT2D eigenvalue weighted by Crippen LogP contribution is -2.66. The molecule has 314 valence electrons. The first-order valence-corrected chi connectivity index (χ1v) is 22.5. The number of rotatable bonds is 5. The maximum absolute atomic E-state index is 14.4. The van der Waals surface area contributed by atoms with Crippen LogP contribution in [0.25, 0.3) is 0 Å². The van der Waals surface area contributed by atoms with Gasteiger partial charge in [0, 0.05) is 61.3 Å². The molecule has 0 aromatic heterocycles. The van der Waals surface area contributed by atoms with Crippen molar-refractivity contribution in [3.8, 4) is 0 Å². The molecule has 8 aliphatic heterocycles. The molecule has 0 bridgehead atoms. The van der Waals surface area contributed by atoms with Crippen LogP contribution in [0.15, 0.2) is 29.0 Å². The minimum atomic E-state index is -0.940. The summed E-state index contributed by atoms with van der Waals surface area (Å²) < 4.78 is 26.0. The van der Waals surface area contributed by atoms with Gasteiger partial charge in [0.15, 0.2) is 5.60 Å². The number of aliphatic imine (C=N–C) groups is 1. The lowest BCUT2D eigenvalue weighted by molar-refractivity contribution is -0.278. The highest BCUT2D eigenvalue weighted by Crippen LogP contribution is 2.54. The van der Waals surface area contributed by atoms with Crippen LogP contribution < -0.4 is 22.1 Å². The average molecular weight is 791 g/mol. The summed E-state index contributed by atoms with van der Waals surface area (Å²) in [6.45, 7) is 7.70. The van der Waals surface area contributed by atoms with Gasteiger partial charge in [-0.15, -0.1) is 0 Å². The van der Waals surface area contributed by atoms with E-state index in [1.807, 2.05) is 27.0 Å². The maximum atomic E-state index is 14.4. The number of piperidine rings is 2. The number of aliphatic hydroxyl groups excluding tert-OH is 1. The molecule has 13 heteroatoms. The van der Waals surface area contributed by atoms with E-state index >= 15 is 0 Å². The van der Waals surface area contributed by atoms with E-state index in [1.165, 1.54) is 5.57 Å². The van der Waals surface area contributed by atoms with Crippen molar-refractivity contribution in [3.05, 3.63) is 24.0 Å². The molecule has 0 aromatic rings. The van der Waals surface area contributed by atoms with Crippen LogP contribution in [-0.2, 0) is 28.5 Å². The third-order valence-electron chi connectivity index (χ3n) is 16.4. The van der Waals surface area contributed by atoms with Gasteiger partial charge in [0.25, 0.3) is 0 Å². The molecule has 8 heterocycles. The zero-order valence-electron chi connectivity index (χ0n) is 34.1. The van der Waals surface area contributed by atoms with E-state index < -0.39 is 29.3 Å². The van der Waals surface area contributed by atoms with Gasteiger partial charge in [-0.1, -0.05) is 12.8 Å². The minimum absolute atomic E-state index is 0.0390. The number of hydrogen-bond donors (Lipinski definition) is 5. The van der Waals surface area contributed by atoms with Gasteiger partial charge in [0.1, 0.15) is 17.5 Å². The molecule has 2 saturated carbocycles. The van der Waals surface area contributed by atoms with Crippen LogP contribution in [0.5, 0.6) is 0 Å². The van der Waals surface area contributed by atoms with Crippen molar-refractivity contribution in [2.75, 3.05) is 13.1 Å². The van der Waals surface area contributed by atoms with Crippen LogP contribution in [0.1, 0.15) is 104 Å². The Bertz CT molecular complexity index is 1690. The number of nitrogens with two attached hydrogens (primary N) is 2. The molecule has 57 heavy (non-hydrogen) atoms. The highest BCUT2D eigenvalue weighted by molar-refractivity contribution is 6.07. The molecule has 2 aliphatic carbocycles. The summed E-state index contributed by atoms with van der Waals surface area (Å²) in [5.74, 6) is 0.594. The van der Waals surface area contributed by atoms with Gasteiger partial charge < -0.3 is 40.4 Å². The van der Waals surface area contributed by atoms with E-state index in [0.717, 1.165) is 83.0 Å². The predicted molar refractivity (Wildman–Crippen MR) is 212 cm³/mol. The highest BCUT2D eigenvalue weighted by Gasteiger charge is 2.66. The molecule has 1 spiro atoms. The van der Waals surface area contributed by atoms with Crippen molar-refractivity contribution < 1.29 is 33.6 Å². The SMILES string of the molecule is CC1CC(=O)C2C(CC3OC(C)(C)C4OC(=O)C5(CCCCC4C3C2O)OC5CCC2CC(N)NC3C2CCCC2C(N)NC(CN4C=C5C=CN=C5C4)CC23)O1. The number of epoxide rings is 1. The van der Waals surface area contributed by atoms with Crippen LogP contribution in [-0.4, -0.2) is 113 Å². The van der Waals surface area contributed by atoms with Gasteiger partial charge in [0.2, 0.25) is 0 Å². The third kappa shape index (κ3) is 6.88. The van der Waals surface area contributed by atoms with Crippen LogP contribution in [0.4, 0.5) is 0 Å². The fourth-order valence-corrected chi connectivity index (χ4v) is 13.9. The molecule has 10 rings (SSSR count). The number of esters is 1. The van der Waals surface area contributed by atoms with Crippen LogP contribution in [0, 0.1) is 41.4 Å². The molecular formula is C44H66N6O7. The monoisotopic (exact) mass is 790 g/mol. The van der Waals surface area contributed by atoms with Crippen molar-refractivity contribution in [1.82, 2.24) is 15.5 Å². The third-order valence-corrected chi connectivity index (χ3v) is 16.4. The molecule has 6 saturated heterocycles. The molecule has 0 aromatic carbocycles. The summed E-state index contributed by atoms with van der Waals surface area (Å²) in [5.41, 5.74) is 14.4. The fraction of sp³-hybridized carbons (Fsp3) is 0.841. The van der Waals surface area contributed by atoms with Crippen molar-refractivity contribution in [2.45, 2.75) is 176 Å². The first-order chi connectivity index (χ1) is 27.4. The Balaban J connectivity index is 0.807. The maximum Gasteiger partial charge on any atom is 0.341 e. The number of allylic oxidation sites excluding steroid dienone is 1. The van der Waals surface area contributed by atoms with E-state index in [0.29, 0.717) is 55.0 Å². The molecule has 10 aliphatic rings. The Hall–Kier alpha value is -2.23. The van der Waals surface area contributed by atoms with Gasteiger partial charge in [-0.2, -0.15) is 0 Å². The smallest absolute Gasteiger partial charge is 0.341 e. The second kappa shape index (κ2) is 14.7. The Kier molecular flexibility index (Phi) is 10.1. The van der Waals surface area contributed by atoms with Crippen LogP contribution in [0.3, 0.4) is 0 Å². The summed E-state index contributed by atoms with van der Waals surface area (Å²) in [4.78, 5) is 34.5. The molecular weight excluding hydrogens is 725 g/mol. The molecule has 0 amide bonds. The first kappa shape index (κ1) is 38.9. The summed E-state index contributed by atoms with van der Waals surface area (Å²) in [7, 11) is 0. The number of carbonyl (C=O) groups is 2. The van der Waals surface area contributed by atoms with Crippen molar-refractivity contribution in [1.29, 1.82) is 0 Å². The number of aliphatic hydroxyl groups is 1. The van der Waals surface area contributed by atoms with Gasteiger partial charge in [-0.05, 0) is 108 Å². The summed E-state index contributed by atoms with van der Waals surface area (Å²) >= 11 is 0. The number of nitrogens with one attached hydrogen (secondary N) is 2. The summed E-state index contributed by atoms with van der Waals surface area (Å²) in [6.07, 6.45) is 15.0. The molecule has 13 nitrogen and oxygen atoms in total. The first-order valence-electron chi connectivity index (χ1n) is 22.5. The highest BCUT2D eigenvalue weighted by atomic mass is 16.7.